The maximum atomic E-state index is 14.0. The van der Waals surface area contributed by atoms with Gasteiger partial charge >= 0.3 is 6.18 Å². The highest BCUT2D eigenvalue weighted by atomic mass is 32.2. The van der Waals surface area contributed by atoms with E-state index in [4.69, 9.17) is 9.84 Å². The third kappa shape index (κ3) is 8.53. The van der Waals surface area contributed by atoms with Gasteiger partial charge in [-0.2, -0.15) is 18.3 Å². The molecule has 0 radical (unpaired) electrons. The molecule has 11 nitrogen and oxygen atoms in total. The molecule has 2 aromatic rings. The largest absolute Gasteiger partial charge is 0.417 e. The topological polar surface area (TPSA) is 129 Å². The van der Waals surface area contributed by atoms with Crippen molar-refractivity contribution in [3.8, 4) is 11.3 Å². The van der Waals surface area contributed by atoms with Gasteiger partial charge in [-0.05, 0) is 38.1 Å². The first-order chi connectivity index (χ1) is 20.9. The number of benzene rings is 1. The number of piperidine rings is 1. The van der Waals surface area contributed by atoms with Crippen LogP contribution in [-0.4, -0.2) is 116 Å². The summed E-state index contributed by atoms with van der Waals surface area (Å²) in [4.78, 5) is 16.4. The van der Waals surface area contributed by atoms with Gasteiger partial charge in [0.05, 0.1) is 49.1 Å². The molecule has 4 heterocycles. The Morgan fingerprint density at radius 2 is 1.93 bits per heavy atom. The first-order valence-electron chi connectivity index (χ1n) is 14.7. The number of amides is 1. The quantitative estimate of drug-likeness (QED) is 0.325. The van der Waals surface area contributed by atoms with Crippen LogP contribution in [-0.2, 0) is 45.2 Å². The van der Waals surface area contributed by atoms with Crippen molar-refractivity contribution in [2.24, 2.45) is 0 Å². The van der Waals surface area contributed by atoms with Crippen LogP contribution in [0, 0.1) is 0 Å². The number of ether oxygens (including phenoxy) is 1. The summed E-state index contributed by atoms with van der Waals surface area (Å²) in [5.74, 6) is -0.346. The predicted octanol–water partition coefficient (Wildman–Crippen LogP) is 1.54. The van der Waals surface area contributed by atoms with E-state index in [1.54, 1.807) is 9.58 Å². The second kappa shape index (κ2) is 14.1. The molecule has 1 aromatic carbocycles. The first kappa shape index (κ1) is 33.2. The maximum absolute atomic E-state index is 14.0. The molecule has 1 unspecified atom stereocenters. The Morgan fingerprint density at radius 1 is 1.20 bits per heavy atom. The van der Waals surface area contributed by atoms with E-state index in [-0.39, 0.29) is 29.1 Å². The van der Waals surface area contributed by atoms with Gasteiger partial charge in [-0.1, -0.05) is 6.07 Å². The molecular weight excluding hydrogens is 621 g/mol. The zero-order chi connectivity index (χ0) is 31.5. The number of alkyl halides is 3. The molecule has 1 aromatic heterocycles. The zero-order valence-corrected chi connectivity index (χ0v) is 26.2. The van der Waals surface area contributed by atoms with Crippen molar-refractivity contribution in [3.05, 3.63) is 35.0 Å². The molecule has 1 atom stereocenters. The Kier molecular flexibility index (Phi) is 10.6. The Labute approximate surface area is 259 Å². The smallest absolute Gasteiger partial charge is 0.390 e. The summed E-state index contributed by atoms with van der Waals surface area (Å²) < 4.78 is 74.6. The van der Waals surface area contributed by atoms with Gasteiger partial charge in [0.2, 0.25) is 15.9 Å². The second-order valence-corrected chi connectivity index (χ2v) is 14.3. The summed E-state index contributed by atoms with van der Waals surface area (Å²) in [6, 6.07) is 3.82. The molecule has 0 saturated carbocycles. The molecule has 2 fully saturated rings. The van der Waals surface area contributed by atoms with E-state index in [0.29, 0.717) is 89.5 Å². The maximum Gasteiger partial charge on any atom is 0.417 e. The number of carbonyl (C=O) groups is 1. The fraction of sp³-hybridized carbons (Fsp3) is 0.643. The number of aliphatic hydroxyl groups is 1. The molecule has 0 spiro atoms. The minimum Gasteiger partial charge on any atom is -0.390 e. The fourth-order valence-corrected chi connectivity index (χ4v) is 7.81. The number of carbonyl (C=O) groups excluding carboxylic acids is 1. The van der Waals surface area contributed by atoms with E-state index in [0.717, 1.165) is 35.3 Å². The van der Waals surface area contributed by atoms with Gasteiger partial charge in [0.25, 0.3) is 0 Å². The van der Waals surface area contributed by atoms with Crippen LogP contribution in [0.25, 0.3) is 11.3 Å². The Bertz CT molecular complexity index is 1420. The van der Waals surface area contributed by atoms with Gasteiger partial charge in [0.1, 0.15) is 0 Å². The Balaban J connectivity index is 1.31. The molecule has 244 valence electrons. The summed E-state index contributed by atoms with van der Waals surface area (Å²) in [5, 5.41) is 19.1. The highest BCUT2D eigenvalue weighted by molar-refractivity contribution is 8.00. The number of thioether (sulfide) groups is 1. The predicted molar refractivity (Wildman–Crippen MR) is 160 cm³/mol. The number of morpholine rings is 1. The van der Waals surface area contributed by atoms with Crippen molar-refractivity contribution in [1.29, 1.82) is 0 Å². The van der Waals surface area contributed by atoms with Crippen LogP contribution >= 0.6 is 11.8 Å². The number of sulfonamides is 1. The van der Waals surface area contributed by atoms with E-state index in [2.05, 4.69) is 14.9 Å². The highest BCUT2D eigenvalue weighted by Gasteiger charge is 2.35. The van der Waals surface area contributed by atoms with Crippen molar-refractivity contribution < 1.29 is 36.2 Å². The van der Waals surface area contributed by atoms with Crippen molar-refractivity contribution >= 4 is 27.7 Å². The molecule has 1 amide bonds. The lowest BCUT2D eigenvalue weighted by Crippen LogP contribution is -2.46. The van der Waals surface area contributed by atoms with Gasteiger partial charge in [0, 0.05) is 66.9 Å². The number of likely N-dealkylation sites (tertiary alicyclic amines) is 1. The highest BCUT2D eigenvalue weighted by Crippen LogP contribution is 2.40. The van der Waals surface area contributed by atoms with Crippen molar-refractivity contribution in [2.45, 2.75) is 55.6 Å². The van der Waals surface area contributed by atoms with Gasteiger partial charge < -0.3 is 25.0 Å². The summed E-state index contributed by atoms with van der Waals surface area (Å²) >= 11 is 0.876. The molecule has 2 saturated heterocycles. The fourth-order valence-electron chi connectivity index (χ4n) is 5.96. The van der Waals surface area contributed by atoms with E-state index in [1.807, 2.05) is 0 Å². The van der Waals surface area contributed by atoms with Gasteiger partial charge in [0.15, 0.2) is 0 Å². The molecule has 0 aliphatic carbocycles. The van der Waals surface area contributed by atoms with Gasteiger partial charge in [-0.25, -0.2) is 13.1 Å². The minimum absolute atomic E-state index is 0.0301. The molecule has 0 bridgehead atoms. The van der Waals surface area contributed by atoms with Gasteiger partial charge in [-0.15, -0.1) is 11.8 Å². The molecule has 44 heavy (non-hydrogen) atoms. The molecule has 16 heteroatoms. The average molecular weight is 661 g/mol. The van der Waals surface area contributed by atoms with E-state index in [9.17, 15) is 31.5 Å². The van der Waals surface area contributed by atoms with Gasteiger partial charge in [-0.3, -0.25) is 9.48 Å². The third-order valence-electron chi connectivity index (χ3n) is 8.10. The first-order valence-corrected chi connectivity index (χ1v) is 17.6. The minimum atomic E-state index is -4.58. The summed E-state index contributed by atoms with van der Waals surface area (Å²) in [7, 11) is -3.27. The zero-order valence-electron chi connectivity index (χ0n) is 24.6. The Hall–Kier alpha value is -2.21. The molecule has 3 N–H and O–H groups in total. The number of rotatable bonds is 10. The van der Waals surface area contributed by atoms with Crippen LogP contribution in [0.3, 0.4) is 0 Å². The van der Waals surface area contributed by atoms with Crippen molar-refractivity contribution in [3.63, 3.8) is 0 Å². The van der Waals surface area contributed by atoms with Crippen molar-refractivity contribution in [1.82, 2.24) is 29.6 Å². The van der Waals surface area contributed by atoms with Crippen LogP contribution < -0.4 is 10.0 Å². The lowest BCUT2D eigenvalue weighted by atomic mass is 10.0. The number of fused-ring (bicyclic) bond motifs is 1. The number of hydrogen-bond acceptors (Lipinski definition) is 9. The van der Waals surface area contributed by atoms with E-state index >= 15 is 0 Å². The standard InChI is InChI=1S/C28H39F3N6O5S2/c1-44(40,41)34-20-5-8-35(9-6-20)16-21(38)17-37-24-4-7-32-15-22(24)27(33-37)19-2-3-23(28(29,30)31)25(14-19)43-18-26(39)36-10-12-42-13-11-36/h2-3,14,20-21,32,34,38H,4-13,15-18H2,1H3. The van der Waals surface area contributed by atoms with Crippen LogP contribution in [0.5, 0.6) is 0 Å². The van der Waals surface area contributed by atoms with E-state index in [1.165, 1.54) is 12.1 Å². The number of halogens is 3. The molecule has 5 rings (SSSR count). The third-order valence-corrected chi connectivity index (χ3v) is 9.90. The van der Waals surface area contributed by atoms with Crippen molar-refractivity contribution in [2.75, 3.05) is 64.5 Å². The lowest BCUT2D eigenvalue weighted by molar-refractivity contribution is -0.139. The summed E-state index contributed by atoms with van der Waals surface area (Å²) in [5.41, 5.74) is 2.11. The number of aromatic nitrogens is 2. The Morgan fingerprint density at radius 3 is 2.61 bits per heavy atom. The number of nitrogens with zero attached hydrogens (tertiary/aromatic N) is 4. The lowest BCUT2D eigenvalue weighted by Gasteiger charge is -2.33. The number of nitrogens with one attached hydrogen (secondary N) is 2. The van der Waals surface area contributed by atoms with Crippen LogP contribution in [0.4, 0.5) is 13.2 Å². The molecular formula is C28H39F3N6O5S2. The van der Waals surface area contributed by atoms with Crippen LogP contribution in [0.15, 0.2) is 23.1 Å². The number of aliphatic hydroxyl groups excluding tert-OH is 1. The molecule has 3 aliphatic heterocycles. The normalized spacial score (nSPS) is 19.6. The van der Waals surface area contributed by atoms with E-state index < -0.39 is 27.9 Å². The average Bonchev–Trinajstić information content (AvgIpc) is 3.34. The SMILES string of the molecule is CS(=O)(=O)NC1CCN(CC(O)Cn2nc(-c3ccc(C(F)(F)F)c(SCC(=O)N4CCOCC4)c3)c3c2CCNC3)CC1. The van der Waals surface area contributed by atoms with Crippen LogP contribution in [0.1, 0.15) is 29.7 Å². The number of hydrogen-bond donors (Lipinski definition) is 3. The van der Waals surface area contributed by atoms with Crippen LogP contribution in [0.2, 0.25) is 0 Å². The monoisotopic (exact) mass is 660 g/mol. The second-order valence-electron chi connectivity index (χ2n) is 11.5. The summed E-state index contributed by atoms with van der Waals surface area (Å²) in [6.45, 7) is 4.81. The summed E-state index contributed by atoms with van der Waals surface area (Å²) in [6.07, 6.45) is -2.21. The number of β-amino-alcohol motifs (C(OH)–C–C–N with tert-alkyl or cyclic N) is 1. The molecule has 3 aliphatic rings.